The summed E-state index contributed by atoms with van der Waals surface area (Å²) in [6, 6.07) is 16.1. The van der Waals surface area contributed by atoms with Crippen LogP contribution in [0.25, 0.3) is 11.1 Å². The van der Waals surface area contributed by atoms with Crippen molar-refractivity contribution in [3.8, 4) is 11.1 Å². The fourth-order valence-electron chi connectivity index (χ4n) is 3.88. The van der Waals surface area contributed by atoms with E-state index in [0.717, 1.165) is 41.8 Å². The molecule has 2 heterocycles. The van der Waals surface area contributed by atoms with Gasteiger partial charge in [-0.15, -0.1) is 0 Å². The summed E-state index contributed by atoms with van der Waals surface area (Å²) in [7, 11) is 0. The molecule has 0 aliphatic carbocycles. The van der Waals surface area contributed by atoms with Gasteiger partial charge in [0, 0.05) is 30.8 Å². The minimum Gasteiger partial charge on any atom is -0.368 e. The molecule has 1 atom stereocenters. The van der Waals surface area contributed by atoms with Crippen molar-refractivity contribution in [3.05, 3.63) is 77.9 Å². The molecule has 2 aromatic carbocycles. The number of aromatic nitrogens is 2. The van der Waals surface area contributed by atoms with Gasteiger partial charge in [0.1, 0.15) is 5.82 Å². The van der Waals surface area contributed by atoms with Gasteiger partial charge in [-0.3, -0.25) is 4.79 Å². The molecule has 1 aliphatic rings. The van der Waals surface area contributed by atoms with Crippen molar-refractivity contribution in [3.63, 3.8) is 0 Å². The molecule has 4 rings (SSSR count). The first-order chi connectivity index (χ1) is 14.1. The summed E-state index contributed by atoms with van der Waals surface area (Å²) in [5.41, 5.74) is 9.38. The molecule has 0 bridgehead atoms. The zero-order chi connectivity index (χ0) is 20.2. The molecular weight excluding hydrogens is 367 g/mol. The highest BCUT2D eigenvalue weighted by molar-refractivity contribution is 5.79. The minimum absolute atomic E-state index is 0.0637. The Morgan fingerprint density at radius 2 is 1.90 bits per heavy atom. The van der Waals surface area contributed by atoms with Crippen molar-refractivity contribution in [1.82, 2.24) is 14.9 Å². The van der Waals surface area contributed by atoms with Gasteiger partial charge in [0.25, 0.3) is 0 Å². The van der Waals surface area contributed by atoms with Crippen molar-refractivity contribution < 1.29 is 9.18 Å². The zero-order valence-electron chi connectivity index (χ0n) is 16.1. The predicted octanol–water partition coefficient (Wildman–Crippen LogP) is 3.81. The van der Waals surface area contributed by atoms with E-state index in [9.17, 15) is 9.18 Å². The molecule has 0 saturated carbocycles. The second-order valence-corrected chi connectivity index (χ2v) is 7.38. The lowest BCUT2D eigenvalue weighted by atomic mass is 9.89. The number of hydrogen-bond acceptors (Lipinski definition) is 4. The molecule has 2 N–H and O–H groups in total. The number of nitrogen functional groups attached to an aromatic ring is 1. The molecule has 3 aromatic rings. The second-order valence-electron chi connectivity index (χ2n) is 7.38. The van der Waals surface area contributed by atoms with Crippen LogP contribution in [0.2, 0.25) is 0 Å². The number of hydrogen-bond donors (Lipinski definition) is 1. The van der Waals surface area contributed by atoms with Gasteiger partial charge in [-0.05, 0) is 36.1 Å². The third kappa shape index (κ3) is 4.42. The van der Waals surface area contributed by atoms with E-state index in [1.165, 1.54) is 12.1 Å². The molecule has 0 radical (unpaired) electrons. The van der Waals surface area contributed by atoms with E-state index in [2.05, 4.69) is 9.97 Å². The Morgan fingerprint density at radius 3 is 2.66 bits per heavy atom. The fraction of sp³-hybridized carbons (Fsp3) is 0.261. The first kappa shape index (κ1) is 19.1. The van der Waals surface area contributed by atoms with Crippen LogP contribution in [-0.4, -0.2) is 33.9 Å². The number of anilines is 1. The van der Waals surface area contributed by atoms with E-state index < -0.39 is 0 Å². The number of benzene rings is 2. The normalized spacial score (nSPS) is 16.6. The zero-order valence-corrected chi connectivity index (χ0v) is 16.1. The van der Waals surface area contributed by atoms with Crippen molar-refractivity contribution in [2.45, 2.75) is 25.2 Å². The van der Waals surface area contributed by atoms with Crippen molar-refractivity contribution in [2.75, 3.05) is 18.8 Å². The lowest BCUT2D eigenvalue weighted by Crippen LogP contribution is -2.40. The second kappa shape index (κ2) is 8.39. The maximum atomic E-state index is 13.3. The smallest absolute Gasteiger partial charge is 0.227 e. The van der Waals surface area contributed by atoms with E-state index in [-0.39, 0.29) is 23.6 Å². The summed E-state index contributed by atoms with van der Waals surface area (Å²) in [6.07, 6.45) is 3.90. The summed E-state index contributed by atoms with van der Waals surface area (Å²) in [6.45, 7) is 1.34. The van der Waals surface area contributed by atoms with E-state index in [0.29, 0.717) is 13.0 Å². The van der Waals surface area contributed by atoms with Gasteiger partial charge in [-0.2, -0.15) is 0 Å². The van der Waals surface area contributed by atoms with E-state index in [4.69, 9.17) is 5.73 Å². The number of nitrogens with zero attached hydrogens (tertiary/aromatic N) is 3. The van der Waals surface area contributed by atoms with Crippen molar-refractivity contribution >= 4 is 11.9 Å². The maximum Gasteiger partial charge on any atom is 0.227 e. The molecule has 5 nitrogen and oxygen atoms in total. The third-order valence-electron chi connectivity index (χ3n) is 5.35. The summed E-state index contributed by atoms with van der Waals surface area (Å²) in [5.74, 6) is 0.0979. The first-order valence-electron chi connectivity index (χ1n) is 9.80. The number of rotatable bonds is 4. The first-order valence-corrected chi connectivity index (χ1v) is 9.80. The van der Waals surface area contributed by atoms with Gasteiger partial charge in [0.05, 0.1) is 12.1 Å². The van der Waals surface area contributed by atoms with Crippen LogP contribution in [0, 0.1) is 5.82 Å². The molecular formula is C23H23FN4O. The van der Waals surface area contributed by atoms with E-state index >= 15 is 0 Å². The van der Waals surface area contributed by atoms with Crippen LogP contribution in [0.1, 0.15) is 30.0 Å². The largest absolute Gasteiger partial charge is 0.368 e. The SMILES string of the molecule is Nc1ncc(-c2ccc(F)cc2)c([C@@H]2CCCN(C(=O)Cc3ccccc3)C2)n1. The molecule has 29 heavy (non-hydrogen) atoms. The van der Waals surface area contributed by atoms with Gasteiger partial charge < -0.3 is 10.6 Å². The summed E-state index contributed by atoms with van der Waals surface area (Å²) < 4.78 is 13.3. The molecule has 6 heteroatoms. The standard InChI is InChI=1S/C23H23FN4O/c24-19-10-8-17(9-11-19)20-14-26-23(25)27-22(20)18-7-4-12-28(15-18)21(29)13-16-5-2-1-3-6-16/h1-3,5-6,8-11,14,18H,4,7,12-13,15H2,(H2,25,26,27)/t18-/m1/s1. The summed E-state index contributed by atoms with van der Waals surface area (Å²) >= 11 is 0. The van der Waals surface area contributed by atoms with Crippen LogP contribution in [0.4, 0.5) is 10.3 Å². The van der Waals surface area contributed by atoms with Crippen LogP contribution in [0.5, 0.6) is 0 Å². The Kier molecular flexibility index (Phi) is 5.51. The Labute approximate surface area is 169 Å². The van der Waals surface area contributed by atoms with Gasteiger partial charge in [-0.25, -0.2) is 14.4 Å². The predicted molar refractivity (Wildman–Crippen MR) is 111 cm³/mol. The van der Waals surface area contributed by atoms with Gasteiger partial charge in [0.2, 0.25) is 11.9 Å². The lowest BCUT2D eigenvalue weighted by Gasteiger charge is -2.33. The van der Waals surface area contributed by atoms with E-state index in [1.807, 2.05) is 35.2 Å². The maximum absolute atomic E-state index is 13.3. The molecule has 1 aromatic heterocycles. The van der Waals surface area contributed by atoms with E-state index in [1.54, 1.807) is 18.3 Å². The fourth-order valence-corrected chi connectivity index (χ4v) is 3.88. The van der Waals surface area contributed by atoms with Crippen LogP contribution in [0.3, 0.4) is 0 Å². The number of likely N-dealkylation sites (tertiary alicyclic amines) is 1. The number of nitrogens with two attached hydrogens (primary N) is 1. The highest BCUT2D eigenvalue weighted by Gasteiger charge is 2.28. The Bertz CT molecular complexity index is 992. The summed E-state index contributed by atoms with van der Waals surface area (Å²) in [5, 5.41) is 0. The average molecular weight is 390 g/mol. The number of carbonyl (C=O) groups is 1. The van der Waals surface area contributed by atoms with Crippen LogP contribution >= 0.6 is 0 Å². The molecule has 1 aliphatic heterocycles. The highest BCUT2D eigenvalue weighted by Crippen LogP contribution is 2.33. The quantitative estimate of drug-likeness (QED) is 0.735. The number of halogens is 1. The molecule has 1 saturated heterocycles. The van der Waals surface area contributed by atoms with Crippen LogP contribution in [0.15, 0.2) is 60.8 Å². The van der Waals surface area contributed by atoms with Gasteiger partial charge in [0.15, 0.2) is 0 Å². The van der Waals surface area contributed by atoms with Crippen LogP contribution < -0.4 is 5.73 Å². The van der Waals surface area contributed by atoms with Crippen LogP contribution in [-0.2, 0) is 11.2 Å². The Hall–Kier alpha value is -3.28. The molecule has 148 valence electrons. The Balaban J connectivity index is 1.57. The minimum atomic E-state index is -0.290. The average Bonchev–Trinajstić information content (AvgIpc) is 2.75. The third-order valence-corrected chi connectivity index (χ3v) is 5.35. The molecule has 0 spiro atoms. The Morgan fingerprint density at radius 1 is 1.14 bits per heavy atom. The van der Waals surface area contributed by atoms with Gasteiger partial charge in [-0.1, -0.05) is 42.5 Å². The summed E-state index contributed by atoms with van der Waals surface area (Å²) in [4.78, 5) is 23.4. The highest BCUT2D eigenvalue weighted by atomic mass is 19.1. The molecule has 1 fully saturated rings. The van der Waals surface area contributed by atoms with Crippen molar-refractivity contribution in [1.29, 1.82) is 0 Å². The number of carbonyl (C=O) groups excluding carboxylic acids is 1. The number of amides is 1. The topological polar surface area (TPSA) is 72.1 Å². The molecule has 1 amide bonds. The lowest BCUT2D eigenvalue weighted by molar-refractivity contribution is -0.131. The van der Waals surface area contributed by atoms with Gasteiger partial charge >= 0.3 is 0 Å². The monoisotopic (exact) mass is 390 g/mol. The van der Waals surface area contributed by atoms with Crippen molar-refractivity contribution in [2.24, 2.45) is 0 Å². The molecule has 0 unspecified atom stereocenters. The number of piperidine rings is 1.